The highest BCUT2D eigenvalue weighted by molar-refractivity contribution is 7.13. The molecule has 3 aliphatic rings. The van der Waals surface area contributed by atoms with E-state index in [1.54, 1.807) is 11.3 Å². The van der Waals surface area contributed by atoms with Crippen molar-refractivity contribution in [2.75, 3.05) is 57.4 Å². The van der Waals surface area contributed by atoms with Crippen LogP contribution in [0.4, 0.5) is 5.13 Å². The molecule has 3 saturated heterocycles. The van der Waals surface area contributed by atoms with Gasteiger partial charge in [0.2, 0.25) is 0 Å². The maximum absolute atomic E-state index is 5.98. The third kappa shape index (κ3) is 4.96. The van der Waals surface area contributed by atoms with Crippen molar-refractivity contribution in [3.8, 4) is 0 Å². The van der Waals surface area contributed by atoms with E-state index >= 15 is 0 Å². The number of hydrogen-bond donors (Lipinski definition) is 1. The standard InChI is InChI=1S/C20H33N5O2S/c1-2-21-19(25-11-13-27-18(14-25)17-6-5-12-26-17)22-8-7-16-15-28-20(23-16)24-9-3-4-10-24/h15,17-18H,2-14H2,1H3,(H,21,22). The second kappa shape index (κ2) is 9.89. The van der Waals surface area contributed by atoms with Gasteiger partial charge >= 0.3 is 0 Å². The third-order valence-corrected chi connectivity index (χ3v) is 6.60. The Morgan fingerprint density at radius 2 is 2.07 bits per heavy atom. The average molecular weight is 408 g/mol. The summed E-state index contributed by atoms with van der Waals surface area (Å²) < 4.78 is 11.8. The monoisotopic (exact) mass is 407 g/mol. The predicted octanol–water partition coefficient (Wildman–Crippen LogP) is 2.13. The fourth-order valence-electron chi connectivity index (χ4n) is 4.16. The lowest BCUT2D eigenvalue weighted by Crippen LogP contribution is -2.53. The molecular weight excluding hydrogens is 374 g/mol. The Hall–Kier alpha value is -1.38. The number of nitrogens with one attached hydrogen (secondary N) is 1. The van der Waals surface area contributed by atoms with Crippen molar-refractivity contribution >= 4 is 22.4 Å². The van der Waals surface area contributed by atoms with Gasteiger partial charge in [-0.3, -0.25) is 4.99 Å². The van der Waals surface area contributed by atoms with Crippen LogP contribution in [0.3, 0.4) is 0 Å². The molecule has 1 aromatic rings. The first-order valence-corrected chi connectivity index (χ1v) is 11.7. The largest absolute Gasteiger partial charge is 0.375 e. The first kappa shape index (κ1) is 19.9. The van der Waals surface area contributed by atoms with E-state index in [1.807, 2.05) is 0 Å². The molecule has 4 rings (SSSR count). The molecule has 7 nitrogen and oxygen atoms in total. The lowest BCUT2D eigenvalue weighted by atomic mass is 10.1. The van der Waals surface area contributed by atoms with Crippen LogP contribution in [-0.2, 0) is 15.9 Å². The Morgan fingerprint density at radius 1 is 1.21 bits per heavy atom. The zero-order chi connectivity index (χ0) is 19.2. The minimum atomic E-state index is 0.154. The summed E-state index contributed by atoms with van der Waals surface area (Å²) in [5.41, 5.74) is 1.16. The van der Waals surface area contributed by atoms with E-state index in [2.05, 4.69) is 27.4 Å². The first-order valence-electron chi connectivity index (χ1n) is 10.8. The summed E-state index contributed by atoms with van der Waals surface area (Å²) in [6.07, 6.45) is 6.11. The Balaban J connectivity index is 1.32. The van der Waals surface area contributed by atoms with Crippen molar-refractivity contribution < 1.29 is 9.47 Å². The molecule has 0 amide bonds. The van der Waals surface area contributed by atoms with Gasteiger partial charge in [0.05, 0.1) is 18.4 Å². The van der Waals surface area contributed by atoms with Crippen molar-refractivity contribution in [2.24, 2.45) is 4.99 Å². The maximum Gasteiger partial charge on any atom is 0.194 e. The maximum atomic E-state index is 5.98. The molecule has 156 valence electrons. The minimum absolute atomic E-state index is 0.154. The average Bonchev–Trinajstić information content (AvgIpc) is 3.49. The number of anilines is 1. The lowest BCUT2D eigenvalue weighted by molar-refractivity contribution is -0.0817. The van der Waals surface area contributed by atoms with Crippen LogP contribution in [0.25, 0.3) is 0 Å². The number of rotatable bonds is 6. The highest BCUT2D eigenvalue weighted by Gasteiger charge is 2.32. The normalized spacial score (nSPS) is 26.2. The van der Waals surface area contributed by atoms with Gasteiger partial charge in [-0.25, -0.2) is 4.98 Å². The fraction of sp³-hybridized carbons (Fsp3) is 0.800. The molecule has 1 aromatic heterocycles. The summed E-state index contributed by atoms with van der Waals surface area (Å²) in [7, 11) is 0. The number of thiazole rings is 1. The van der Waals surface area contributed by atoms with Gasteiger partial charge in [-0.15, -0.1) is 11.3 Å². The van der Waals surface area contributed by atoms with Crippen LogP contribution in [0, 0.1) is 0 Å². The summed E-state index contributed by atoms with van der Waals surface area (Å²) in [6, 6.07) is 0. The van der Waals surface area contributed by atoms with Crippen LogP contribution >= 0.6 is 11.3 Å². The number of aromatic nitrogens is 1. The van der Waals surface area contributed by atoms with E-state index < -0.39 is 0 Å². The number of ether oxygens (including phenoxy) is 2. The summed E-state index contributed by atoms with van der Waals surface area (Å²) in [6.45, 7) is 9.39. The SMILES string of the molecule is CCNC(=NCCc1csc(N2CCCC2)n1)N1CCOC(C2CCCO2)C1. The van der Waals surface area contributed by atoms with Crippen LogP contribution in [0.2, 0.25) is 0 Å². The molecule has 2 atom stereocenters. The van der Waals surface area contributed by atoms with Gasteiger partial charge in [0, 0.05) is 57.7 Å². The Morgan fingerprint density at radius 3 is 2.86 bits per heavy atom. The molecule has 0 radical (unpaired) electrons. The molecule has 4 heterocycles. The molecule has 8 heteroatoms. The molecule has 3 fully saturated rings. The highest BCUT2D eigenvalue weighted by Crippen LogP contribution is 2.24. The molecule has 1 N–H and O–H groups in total. The molecule has 28 heavy (non-hydrogen) atoms. The van der Waals surface area contributed by atoms with E-state index in [9.17, 15) is 0 Å². The molecule has 0 saturated carbocycles. The number of aliphatic imine (C=N–C) groups is 1. The Labute approximate surface area is 172 Å². The van der Waals surface area contributed by atoms with Gasteiger partial charge in [0.1, 0.15) is 6.10 Å². The Bertz CT molecular complexity index is 640. The quantitative estimate of drug-likeness (QED) is 0.576. The zero-order valence-corrected chi connectivity index (χ0v) is 17.8. The van der Waals surface area contributed by atoms with E-state index in [0.29, 0.717) is 0 Å². The van der Waals surface area contributed by atoms with Crippen molar-refractivity contribution in [2.45, 2.75) is 51.2 Å². The summed E-state index contributed by atoms with van der Waals surface area (Å²) >= 11 is 1.77. The smallest absolute Gasteiger partial charge is 0.194 e. The minimum Gasteiger partial charge on any atom is -0.375 e. The lowest BCUT2D eigenvalue weighted by Gasteiger charge is -2.37. The molecule has 0 spiro atoms. The molecule has 0 bridgehead atoms. The summed E-state index contributed by atoms with van der Waals surface area (Å²) in [4.78, 5) is 14.4. The molecule has 0 aromatic carbocycles. The molecule has 0 aliphatic carbocycles. The van der Waals surface area contributed by atoms with Crippen LogP contribution in [-0.4, -0.2) is 80.5 Å². The van der Waals surface area contributed by atoms with Gasteiger partial charge in [0.15, 0.2) is 11.1 Å². The summed E-state index contributed by atoms with van der Waals surface area (Å²) in [5.74, 6) is 0.990. The molecule has 2 unspecified atom stereocenters. The van der Waals surface area contributed by atoms with Gasteiger partial charge in [0.25, 0.3) is 0 Å². The van der Waals surface area contributed by atoms with E-state index in [0.717, 1.165) is 83.4 Å². The molecular formula is C20H33N5O2S. The topological polar surface area (TPSA) is 62.2 Å². The number of hydrogen-bond acceptors (Lipinski definition) is 6. The second-order valence-corrected chi connectivity index (χ2v) is 8.54. The number of morpholine rings is 1. The van der Waals surface area contributed by atoms with E-state index in [-0.39, 0.29) is 12.2 Å². The third-order valence-electron chi connectivity index (χ3n) is 5.65. The van der Waals surface area contributed by atoms with Crippen LogP contribution in [0.1, 0.15) is 38.3 Å². The van der Waals surface area contributed by atoms with Crippen LogP contribution in [0.15, 0.2) is 10.4 Å². The second-order valence-electron chi connectivity index (χ2n) is 7.71. The van der Waals surface area contributed by atoms with Crippen LogP contribution < -0.4 is 10.2 Å². The highest BCUT2D eigenvalue weighted by atomic mass is 32.1. The fourth-order valence-corrected chi connectivity index (χ4v) is 5.07. The predicted molar refractivity (Wildman–Crippen MR) is 114 cm³/mol. The van der Waals surface area contributed by atoms with Crippen molar-refractivity contribution in [1.29, 1.82) is 0 Å². The van der Waals surface area contributed by atoms with Crippen molar-refractivity contribution in [3.05, 3.63) is 11.1 Å². The number of guanidine groups is 1. The van der Waals surface area contributed by atoms with E-state index in [1.165, 1.54) is 18.0 Å². The van der Waals surface area contributed by atoms with Gasteiger partial charge in [-0.05, 0) is 32.6 Å². The first-order chi connectivity index (χ1) is 13.8. The van der Waals surface area contributed by atoms with Gasteiger partial charge < -0.3 is 24.6 Å². The van der Waals surface area contributed by atoms with Crippen molar-refractivity contribution in [3.63, 3.8) is 0 Å². The van der Waals surface area contributed by atoms with Crippen LogP contribution in [0.5, 0.6) is 0 Å². The molecule has 3 aliphatic heterocycles. The van der Waals surface area contributed by atoms with E-state index in [4.69, 9.17) is 19.5 Å². The van der Waals surface area contributed by atoms with Crippen molar-refractivity contribution in [1.82, 2.24) is 15.2 Å². The Kier molecular flexibility index (Phi) is 7.04. The van der Waals surface area contributed by atoms with Gasteiger partial charge in [-0.1, -0.05) is 0 Å². The zero-order valence-electron chi connectivity index (χ0n) is 16.9. The number of nitrogens with zero attached hydrogens (tertiary/aromatic N) is 4. The summed E-state index contributed by atoms with van der Waals surface area (Å²) in [5, 5.41) is 6.82. The van der Waals surface area contributed by atoms with Gasteiger partial charge in [-0.2, -0.15) is 0 Å².